The molecule has 0 aromatic heterocycles. The Morgan fingerprint density at radius 2 is 2.07 bits per heavy atom. The minimum Gasteiger partial charge on any atom is -0.495 e. The summed E-state index contributed by atoms with van der Waals surface area (Å²) in [5.74, 6) is -0.469. The van der Waals surface area contributed by atoms with E-state index in [1.165, 1.54) is 12.0 Å². The molecule has 1 aliphatic rings. The number of nitrogens with one attached hydrogen (secondary N) is 2. The third-order valence-corrected chi connectivity index (χ3v) is 4.30. The summed E-state index contributed by atoms with van der Waals surface area (Å²) in [6, 6.07) is 11.5. The van der Waals surface area contributed by atoms with Gasteiger partial charge in [-0.3, -0.25) is 9.69 Å². The average Bonchev–Trinajstić information content (AvgIpc) is 3.16. The third-order valence-electron chi connectivity index (χ3n) is 4.30. The molecule has 9 nitrogen and oxygen atoms in total. The number of carboxylic acid groups (broad SMARTS) is 1. The second kappa shape index (κ2) is 8.96. The Kier molecular flexibility index (Phi) is 6.18. The lowest BCUT2D eigenvalue weighted by molar-refractivity contribution is -0.139. The molecule has 3 N–H and O–H groups in total. The van der Waals surface area contributed by atoms with Crippen LogP contribution < -0.4 is 25.0 Å². The number of carboxylic acids is 1. The number of urea groups is 1. The number of anilines is 1. The maximum Gasteiger partial charge on any atom is 0.341 e. The van der Waals surface area contributed by atoms with Crippen LogP contribution in [0.2, 0.25) is 0 Å². The summed E-state index contributed by atoms with van der Waals surface area (Å²) >= 11 is 0. The van der Waals surface area contributed by atoms with Gasteiger partial charge in [0.15, 0.2) is 6.61 Å². The number of carbonyl (C=O) groups is 3. The zero-order valence-corrected chi connectivity index (χ0v) is 15.8. The Balaban J connectivity index is 1.69. The predicted molar refractivity (Wildman–Crippen MR) is 104 cm³/mol. The molecule has 0 atom stereocenters. The summed E-state index contributed by atoms with van der Waals surface area (Å²) in [5.41, 5.74) is 1.67. The lowest BCUT2D eigenvalue weighted by atomic mass is 10.1. The van der Waals surface area contributed by atoms with E-state index in [9.17, 15) is 14.4 Å². The quantitative estimate of drug-likeness (QED) is 0.621. The summed E-state index contributed by atoms with van der Waals surface area (Å²) in [5, 5.41) is 14.2. The number of ether oxygens (including phenoxy) is 2. The van der Waals surface area contributed by atoms with Gasteiger partial charge in [0.05, 0.1) is 12.8 Å². The number of benzene rings is 2. The molecule has 9 heteroatoms. The van der Waals surface area contributed by atoms with Crippen molar-refractivity contribution in [1.29, 1.82) is 0 Å². The van der Waals surface area contributed by atoms with Crippen molar-refractivity contribution in [2.75, 3.05) is 31.7 Å². The van der Waals surface area contributed by atoms with E-state index < -0.39 is 12.6 Å². The van der Waals surface area contributed by atoms with Gasteiger partial charge in [-0.05, 0) is 35.9 Å². The Bertz CT molecular complexity index is 930. The van der Waals surface area contributed by atoms with Gasteiger partial charge in [0.25, 0.3) is 5.91 Å². The normalized spacial score (nSPS) is 13.0. The molecule has 1 saturated heterocycles. The summed E-state index contributed by atoms with van der Waals surface area (Å²) in [6.07, 6.45) is 0. The van der Waals surface area contributed by atoms with E-state index in [4.69, 9.17) is 14.6 Å². The van der Waals surface area contributed by atoms with Gasteiger partial charge in [-0.1, -0.05) is 12.1 Å². The van der Waals surface area contributed by atoms with E-state index in [1.54, 1.807) is 42.5 Å². The van der Waals surface area contributed by atoms with Gasteiger partial charge in [-0.15, -0.1) is 0 Å². The van der Waals surface area contributed by atoms with Crippen LogP contribution in [0.3, 0.4) is 0 Å². The van der Waals surface area contributed by atoms with Crippen LogP contribution in [0.4, 0.5) is 10.5 Å². The van der Waals surface area contributed by atoms with Crippen molar-refractivity contribution in [3.63, 3.8) is 0 Å². The number of rotatable bonds is 8. The van der Waals surface area contributed by atoms with E-state index in [2.05, 4.69) is 10.6 Å². The zero-order chi connectivity index (χ0) is 20.8. The zero-order valence-electron chi connectivity index (χ0n) is 15.8. The van der Waals surface area contributed by atoms with Gasteiger partial charge in [0.2, 0.25) is 0 Å². The molecule has 0 bridgehead atoms. The Hall–Kier alpha value is -3.75. The van der Waals surface area contributed by atoms with Gasteiger partial charge in [0.1, 0.15) is 11.5 Å². The van der Waals surface area contributed by atoms with E-state index in [0.717, 1.165) is 5.56 Å². The summed E-state index contributed by atoms with van der Waals surface area (Å²) in [6.45, 7) is 0.811. The van der Waals surface area contributed by atoms with Crippen molar-refractivity contribution >= 4 is 23.6 Å². The fourth-order valence-electron chi connectivity index (χ4n) is 2.92. The summed E-state index contributed by atoms with van der Waals surface area (Å²) in [4.78, 5) is 36.7. The van der Waals surface area contributed by atoms with Crippen LogP contribution in [0, 0.1) is 0 Å². The molecule has 3 amide bonds. The number of hydrogen-bond donors (Lipinski definition) is 3. The van der Waals surface area contributed by atoms with Crippen LogP contribution in [0.25, 0.3) is 0 Å². The molecule has 3 rings (SSSR count). The highest BCUT2D eigenvalue weighted by Crippen LogP contribution is 2.30. The summed E-state index contributed by atoms with van der Waals surface area (Å²) in [7, 11) is 1.51. The number of carbonyl (C=O) groups excluding carboxylic acids is 2. The second-order valence-electron chi connectivity index (χ2n) is 6.28. The van der Waals surface area contributed by atoms with Crippen molar-refractivity contribution in [1.82, 2.24) is 10.6 Å². The molecule has 29 heavy (non-hydrogen) atoms. The molecule has 2 aromatic carbocycles. The second-order valence-corrected chi connectivity index (χ2v) is 6.28. The molecular weight excluding hydrogens is 378 g/mol. The first kappa shape index (κ1) is 20.0. The topological polar surface area (TPSA) is 117 Å². The van der Waals surface area contributed by atoms with Crippen LogP contribution >= 0.6 is 0 Å². The summed E-state index contributed by atoms with van der Waals surface area (Å²) < 4.78 is 10.5. The van der Waals surface area contributed by atoms with Crippen LogP contribution in [0.15, 0.2) is 42.5 Å². The first-order valence-electron chi connectivity index (χ1n) is 8.93. The highest BCUT2D eigenvalue weighted by Gasteiger charge is 2.25. The van der Waals surface area contributed by atoms with Gasteiger partial charge < -0.3 is 25.2 Å². The molecule has 1 fully saturated rings. The van der Waals surface area contributed by atoms with Gasteiger partial charge in [-0.2, -0.15) is 0 Å². The molecule has 0 unspecified atom stereocenters. The molecule has 152 valence electrons. The average molecular weight is 399 g/mol. The van der Waals surface area contributed by atoms with Gasteiger partial charge in [-0.25, -0.2) is 9.59 Å². The standard InChI is InChI=1S/C20H21N3O6/c1-28-17-6-5-14(10-16(17)23-8-7-21-20(23)27)19(26)22-11-13-3-2-4-15(9-13)29-12-18(24)25/h2-6,9-10H,7-8,11-12H2,1H3,(H,21,27)(H,22,26)(H,24,25). The van der Waals surface area contributed by atoms with Crippen molar-refractivity contribution in [2.45, 2.75) is 6.54 Å². The molecule has 1 aliphatic heterocycles. The molecule has 0 saturated carbocycles. The fourth-order valence-corrected chi connectivity index (χ4v) is 2.92. The smallest absolute Gasteiger partial charge is 0.341 e. The fraction of sp³-hybridized carbons (Fsp3) is 0.250. The molecule has 0 radical (unpaired) electrons. The monoisotopic (exact) mass is 399 g/mol. The van der Waals surface area contributed by atoms with Crippen molar-refractivity contribution in [3.8, 4) is 11.5 Å². The largest absolute Gasteiger partial charge is 0.495 e. The highest BCUT2D eigenvalue weighted by molar-refractivity contribution is 5.99. The number of aliphatic carboxylic acids is 1. The predicted octanol–water partition coefficient (Wildman–Crippen LogP) is 1.62. The van der Waals surface area contributed by atoms with Crippen molar-refractivity contribution < 1.29 is 29.0 Å². The maximum absolute atomic E-state index is 12.6. The number of amides is 3. The number of hydrogen-bond acceptors (Lipinski definition) is 5. The Labute approximate surface area is 167 Å². The van der Waals surface area contributed by atoms with Gasteiger partial charge >= 0.3 is 12.0 Å². The lowest BCUT2D eigenvalue weighted by Gasteiger charge is -2.18. The van der Waals surface area contributed by atoms with Crippen LogP contribution in [0.5, 0.6) is 11.5 Å². The van der Waals surface area contributed by atoms with Crippen LogP contribution in [-0.2, 0) is 11.3 Å². The van der Waals surface area contributed by atoms with Crippen molar-refractivity contribution in [2.24, 2.45) is 0 Å². The number of methoxy groups -OCH3 is 1. The molecule has 0 aliphatic carbocycles. The van der Waals surface area contributed by atoms with Gasteiger partial charge in [0, 0.05) is 25.2 Å². The highest BCUT2D eigenvalue weighted by atomic mass is 16.5. The SMILES string of the molecule is COc1ccc(C(=O)NCc2cccc(OCC(=O)O)c2)cc1N1CCNC1=O. The van der Waals surface area contributed by atoms with Crippen molar-refractivity contribution in [3.05, 3.63) is 53.6 Å². The minimum atomic E-state index is -1.06. The lowest BCUT2D eigenvalue weighted by Crippen LogP contribution is -2.29. The van der Waals surface area contributed by atoms with E-state index in [1.807, 2.05) is 0 Å². The molecule has 2 aromatic rings. The number of nitrogens with zero attached hydrogens (tertiary/aromatic N) is 1. The van der Waals surface area contributed by atoms with E-state index >= 15 is 0 Å². The maximum atomic E-state index is 12.6. The first-order chi connectivity index (χ1) is 14.0. The Morgan fingerprint density at radius 3 is 2.76 bits per heavy atom. The molecule has 0 spiro atoms. The third kappa shape index (κ3) is 4.95. The van der Waals surface area contributed by atoms with E-state index in [-0.39, 0.29) is 18.5 Å². The Morgan fingerprint density at radius 1 is 1.24 bits per heavy atom. The molecular formula is C20H21N3O6. The van der Waals surface area contributed by atoms with Crippen LogP contribution in [-0.4, -0.2) is 49.8 Å². The minimum absolute atomic E-state index is 0.231. The van der Waals surface area contributed by atoms with E-state index in [0.29, 0.717) is 35.8 Å². The first-order valence-corrected chi connectivity index (χ1v) is 8.93. The van der Waals surface area contributed by atoms with Crippen LogP contribution in [0.1, 0.15) is 15.9 Å². The molecule has 1 heterocycles.